The molecule has 2 rings (SSSR count). The molecule has 0 radical (unpaired) electrons. The number of methoxy groups -OCH3 is 1. The zero-order chi connectivity index (χ0) is 19.3. The second kappa shape index (κ2) is 8.65. The van der Waals surface area contributed by atoms with Crippen LogP contribution in [0, 0.1) is 25.2 Å². The topological polar surface area (TPSA) is 87.6 Å². The summed E-state index contributed by atoms with van der Waals surface area (Å²) in [4.78, 5) is 16.8. The predicted octanol–water partition coefficient (Wildman–Crippen LogP) is 3.48. The van der Waals surface area contributed by atoms with Crippen molar-refractivity contribution in [3.8, 4) is 11.9 Å². The molecule has 0 fully saturated rings. The highest BCUT2D eigenvalue weighted by molar-refractivity contribution is 6.31. The molecule has 0 aliphatic heterocycles. The molecule has 1 aromatic carbocycles. The van der Waals surface area contributed by atoms with Crippen LogP contribution in [0.15, 0.2) is 28.0 Å². The maximum atomic E-state index is 12.4. The van der Waals surface area contributed by atoms with E-state index in [9.17, 15) is 15.2 Å². The van der Waals surface area contributed by atoms with E-state index in [0.717, 1.165) is 5.56 Å². The van der Waals surface area contributed by atoms with Gasteiger partial charge in [0.25, 0.3) is 5.56 Å². The van der Waals surface area contributed by atoms with Crippen LogP contribution in [0.25, 0.3) is 0 Å². The number of pyridine rings is 1. The molecule has 2 aromatic rings. The summed E-state index contributed by atoms with van der Waals surface area (Å²) in [6, 6.07) is 7.26. The van der Waals surface area contributed by atoms with Crippen LogP contribution in [0.2, 0.25) is 5.02 Å². The molecule has 0 saturated heterocycles. The molecule has 1 heterocycles. The first-order valence-corrected chi connectivity index (χ1v) is 8.44. The van der Waals surface area contributed by atoms with Crippen LogP contribution >= 0.6 is 11.6 Å². The lowest BCUT2D eigenvalue weighted by molar-refractivity contribution is 0.188. The monoisotopic (exact) mass is 373 g/mol. The molecule has 6 nitrogen and oxygen atoms in total. The minimum Gasteiger partial charge on any atom is -0.494 e. The van der Waals surface area contributed by atoms with Crippen LogP contribution in [-0.2, 0) is 11.3 Å². The zero-order valence-corrected chi connectivity index (χ0v) is 15.7. The van der Waals surface area contributed by atoms with Gasteiger partial charge < -0.3 is 9.84 Å². The Balaban J connectivity index is 2.55. The Kier molecular flexibility index (Phi) is 6.56. The number of benzene rings is 1. The molecule has 0 atom stereocenters. The summed E-state index contributed by atoms with van der Waals surface area (Å²) in [7, 11) is 1.56. The van der Waals surface area contributed by atoms with E-state index in [1.165, 1.54) is 10.8 Å². The average molecular weight is 374 g/mol. The van der Waals surface area contributed by atoms with Gasteiger partial charge >= 0.3 is 0 Å². The highest BCUT2D eigenvalue weighted by Crippen LogP contribution is 2.26. The summed E-state index contributed by atoms with van der Waals surface area (Å²) in [5.74, 6) is -0.217. The van der Waals surface area contributed by atoms with Gasteiger partial charge in [0.15, 0.2) is 0 Å². The number of aliphatic imine (C=N–C) groups is 1. The maximum Gasteiger partial charge on any atom is 0.271 e. The summed E-state index contributed by atoms with van der Waals surface area (Å²) in [6.45, 7) is 4.14. The largest absolute Gasteiger partial charge is 0.494 e. The highest BCUT2D eigenvalue weighted by atomic mass is 35.5. The molecule has 0 spiro atoms. The summed E-state index contributed by atoms with van der Waals surface area (Å²) in [5, 5.41) is 20.5. The van der Waals surface area contributed by atoms with E-state index in [-0.39, 0.29) is 18.0 Å². The third-order valence-corrected chi connectivity index (χ3v) is 4.56. The van der Waals surface area contributed by atoms with Crippen LogP contribution < -0.4 is 5.56 Å². The third kappa shape index (κ3) is 3.96. The van der Waals surface area contributed by atoms with E-state index in [1.54, 1.807) is 32.2 Å². The molecule has 0 amide bonds. The number of rotatable bonds is 6. The van der Waals surface area contributed by atoms with Crippen LogP contribution in [0.3, 0.4) is 0 Å². The SMILES string of the molecule is COCCCn1c(O)c(C=Nc2cccc(Cl)c2C)c(C)c(C#N)c1=O. The second-order valence-electron chi connectivity index (χ2n) is 5.79. The average Bonchev–Trinajstić information content (AvgIpc) is 2.61. The number of hydrogen-bond donors (Lipinski definition) is 1. The van der Waals surface area contributed by atoms with Gasteiger partial charge in [-0.3, -0.25) is 14.4 Å². The number of halogens is 1. The highest BCUT2D eigenvalue weighted by Gasteiger charge is 2.17. The Labute approximate surface area is 156 Å². The van der Waals surface area contributed by atoms with Crippen LogP contribution in [0.1, 0.15) is 28.7 Å². The van der Waals surface area contributed by atoms with Crippen molar-refractivity contribution in [3.05, 3.63) is 55.8 Å². The van der Waals surface area contributed by atoms with Gasteiger partial charge in [0.1, 0.15) is 11.6 Å². The Morgan fingerprint density at radius 1 is 1.38 bits per heavy atom. The Morgan fingerprint density at radius 2 is 2.12 bits per heavy atom. The first kappa shape index (κ1) is 19.7. The molecular formula is C19H20ClN3O3. The minimum absolute atomic E-state index is 0.00974. The van der Waals surface area contributed by atoms with E-state index in [2.05, 4.69) is 4.99 Å². The van der Waals surface area contributed by atoms with Crippen molar-refractivity contribution in [2.24, 2.45) is 4.99 Å². The molecular weight excluding hydrogens is 354 g/mol. The van der Waals surface area contributed by atoms with Gasteiger partial charge in [0.2, 0.25) is 5.88 Å². The Morgan fingerprint density at radius 3 is 2.77 bits per heavy atom. The predicted molar refractivity (Wildman–Crippen MR) is 102 cm³/mol. The molecule has 136 valence electrons. The number of hydrogen-bond acceptors (Lipinski definition) is 5. The van der Waals surface area contributed by atoms with Crippen molar-refractivity contribution in [3.63, 3.8) is 0 Å². The van der Waals surface area contributed by atoms with Crippen molar-refractivity contribution in [1.29, 1.82) is 5.26 Å². The van der Waals surface area contributed by atoms with E-state index in [0.29, 0.717) is 34.9 Å². The first-order valence-electron chi connectivity index (χ1n) is 8.07. The fourth-order valence-electron chi connectivity index (χ4n) is 2.57. The van der Waals surface area contributed by atoms with Crippen molar-refractivity contribution >= 4 is 23.5 Å². The lowest BCUT2D eigenvalue weighted by atomic mass is 10.1. The molecule has 0 bridgehead atoms. The van der Waals surface area contributed by atoms with Crippen molar-refractivity contribution in [2.45, 2.75) is 26.8 Å². The fourth-order valence-corrected chi connectivity index (χ4v) is 2.74. The summed E-state index contributed by atoms with van der Waals surface area (Å²) in [5.41, 5.74) is 1.64. The summed E-state index contributed by atoms with van der Waals surface area (Å²) < 4.78 is 6.16. The quantitative estimate of drug-likeness (QED) is 0.620. The maximum absolute atomic E-state index is 12.4. The number of nitrogens with zero attached hydrogens (tertiary/aromatic N) is 3. The zero-order valence-electron chi connectivity index (χ0n) is 14.9. The van der Waals surface area contributed by atoms with E-state index >= 15 is 0 Å². The Bertz CT molecular complexity index is 943. The van der Waals surface area contributed by atoms with Crippen molar-refractivity contribution in [2.75, 3.05) is 13.7 Å². The molecule has 1 aromatic heterocycles. The van der Waals surface area contributed by atoms with Gasteiger partial charge in [-0.05, 0) is 43.5 Å². The van der Waals surface area contributed by atoms with E-state index in [4.69, 9.17) is 16.3 Å². The third-order valence-electron chi connectivity index (χ3n) is 4.15. The van der Waals surface area contributed by atoms with Gasteiger partial charge in [0, 0.05) is 31.5 Å². The molecule has 0 aliphatic carbocycles. The first-order chi connectivity index (χ1) is 12.4. The molecule has 26 heavy (non-hydrogen) atoms. The summed E-state index contributed by atoms with van der Waals surface area (Å²) >= 11 is 6.10. The fraction of sp³-hybridized carbons (Fsp3) is 0.316. The van der Waals surface area contributed by atoms with Gasteiger partial charge in [0.05, 0.1) is 11.3 Å². The standard InChI is InChI=1S/C19H20ClN3O3/c1-12-14(10-21)18(24)23(8-5-9-26-3)19(25)15(12)11-22-17-7-4-6-16(20)13(17)2/h4,6-7,11,25H,5,8-9H2,1-3H3. The summed E-state index contributed by atoms with van der Waals surface area (Å²) in [6.07, 6.45) is 1.98. The number of aromatic nitrogens is 1. The van der Waals surface area contributed by atoms with Gasteiger partial charge in [-0.2, -0.15) is 5.26 Å². The minimum atomic E-state index is -0.519. The van der Waals surface area contributed by atoms with Crippen LogP contribution in [0.4, 0.5) is 5.69 Å². The lowest BCUT2D eigenvalue weighted by Gasteiger charge is -2.14. The smallest absolute Gasteiger partial charge is 0.271 e. The van der Waals surface area contributed by atoms with E-state index in [1.807, 2.05) is 13.0 Å². The number of ether oxygens (including phenoxy) is 1. The normalized spacial score (nSPS) is 11.0. The molecule has 0 saturated carbocycles. The Hall–Kier alpha value is -2.62. The second-order valence-corrected chi connectivity index (χ2v) is 6.20. The van der Waals surface area contributed by atoms with Crippen LogP contribution in [0.5, 0.6) is 5.88 Å². The van der Waals surface area contributed by atoms with Gasteiger partial charge in [-0.15, -0.1) is 0 Å². The molecule has 7 heteroatoms. The number of aromatic hydroxyl groups is 1. The molecule has 0 aliphatic rings. The van der Waals surface area contributed by atoms with Crippen molar-refractivity contribution in [1.82, 2.24) is 4.57 Å². The molecule has 1 N–H and O–H groups in total. The van der Waals surface area contributed by atoms with Crippen LogP contribution in [-0.4, -0.2) is 29.6 Å². The lowest BCUT2D eigenvalue weighted by Crippen LogP contribution is -2.26. The van der Waals surface area contributed by atoms with Gasteiger partial charge in [-0.25, -0.2) is 0 Å². The van der Waals surface area contributed by atoms with Gasteiger partial charge in [-0.1, -0.05) is 17.7 Å². The molecule has 0 unspecified atom stereocenters. The van der Waals surface area contributed by atoms with E-state index < -0.39 is 5.56 Å². The number of nitriles is 1. The van der Waals surface area contributed by atoms with Crippen molar-refractivity contribution < 1.29 is 9.84 Å².